The second-order valence-corrected chi connectivity index (χ2v) is 17.0. The molecule has 0 amide bonds. The van der Waals surface area contributed by atoms with Gasteiger partial charge in [-0.1, -0.05) is 140 Å². The maximum absolute atomic E-state index is 14.7. The quantitative estimate of drug-likeness (QED) is 0.150. The Labute approximate surface area is 396 Å². The van der Waals surface area contributed by atoms with E-state index < -0.39 is 23.5 Å². The highest BCUT2D eigenvalue weighted by molar-refractivity contribution is 6.13. The molecule has 70 heavy (non-hydrogen) atoms. The van der Waals surface area contributed by atoms with Gasteiger partial charge in [-0.3, -0.25) is 0 Å². The fourth-order valence-corrected chi connectivity index (χ4v) is 9.65. The lowest BCUT2D eigenvalue weighted by Crippen LogP contribution is -2.07. The van der Waals surface area contributed by atoms with E-state index in [4.69, 9.17) is 15.0 Å². The molecule has 9 aromatic carbocycles. The van der Waals surface area contributed by atoms with Gasteiger partial charge in [0, 0.05) is 55.0 Å². The van der Waals surface area contributed by atoms with Gasteiger partial charge in [-0.05, 0) is 83.9 Å². The van der Waals surface area contributed by atoms with Crippen LogP contribution in [0.4, 0.5) is 26.3 Å². The van der Waals surface area contributed by atoms with Gasteiger partial charge in [0.15, 0.2) is 17.5 Å². The summed E-state index contributed by atoms with van der Waals surface area (Å²) in [4.78, 5) is 14.8. The van der Waals surface area contributed by atoms with Crippen LogP contribution in [0.1, 0.15) is 11.1 Å². The summed E-state index contributed by atoms with van der Waals surface area (Å²) in [6.45, 7) is 0. The first kappa shape index (κ1) is 42.5. The summed E-state index contributed by atoms with van der Waals surface area (Å²) in [7, 11) is 0. The molecule has 0 aliphatic carbocycles. The third-order valence-electron chi connectivity index (χ3n) is 12.8. The highest BCUT2D eigenvalue weighted by Crippen LogP contribution is 2.46. The number of hydrogen-bond donors (Lipinski definition) is 0. The molecular formula is C59H35F6N5. The second kappa shape index (κ2) is 16.4. The molecule has 3 heterocycles. The first-order valence-corrected chi connectivity index (χ1v) is 22.4. The molecule has 3 aromatic heterocycles. The number of rotatable bonds is 7. The van der Waals surface area contributed by atoms with E-state index in [9.17, 15) is 26.3 Å². The van der Waals surface area contributed by atoms with Gasteiger partial charge < -0.3 is 9.13 Å². The minimum absolute atomic E-state index is 0.166. The number of aromatic nitrogens is 5. The van der Waals surface area contributed by atoms with E-state index in [0.29, 0.717) is 56.2 Å². The minimum Gasteiger partial charge on any atom is -0.309 e. The van der Waals surface area contributed by atoms with Crippen LogP contribution in [0.15, 0.2) is 212 Å². The van der Waals surface area contributed by atoms with Crippen LogP contribution in [0.3, 0.4) is 0 Å². The van der Waals surface area contributed by atoms with Crippen molar-refractivity contribution in [3.05, 3.63) is 223 Å². The number of fused-ring (bicyclic) bond motifs is 6. The summed E-state index contributed by atoms with van der Waals surface area (Å²) in [6.07, 6.45) is -9.42. The first-order chi connectivity index (χ1) is 34.0. The summed E-state index contributed by atoms with van der Waals surface area (Å²) in [5.41, 5.74) is 5.48. The third kappa shape index (κ3) is 7.34. The van der Waals surface area contributed by atoms with Crippen LogP contribution in [0, 0.1) is 0 Å². The lowest BCUT2D eigenvalue weighted by molar-refractivity contribution is -0.138. The summed E-state index contributed by atoms with van der Waals surface area (Å²) in [6, 6.07) is 62.1. The molecule has 12 rings (SSSR count). The summed E-state index contributed by atoms with van der Waals surface area (Å²) < 4.78 is 92.6. The molecule has 0 saturated carbocycles. The van der Waals surface area contributed by atoms with Gasteiger partial charge in [-0.2, -0.15) is 26.3 Å². The fourth-order valence-electron chi connectivity index (χ4n) is 9.65. The van der Waals surface area contributed by atoms with Gasteiger partial charge in [-0.15, -0.1) is 0 Å². The molecule has 0 bridgehead atoms. The minimum atomic E-state index is -4.71. The molecule has 0 N–H and O–H groups in total. The molecule has 12 aromatic rings. The molecule has 11 heteroatoms. The lowest BCUT2D eigenvalue weighted by atomic mass is 9.91. The highest BCUT2D eigenvalue weighted by atomic mass is 19.4. The molecule has 0 saturated heterocycles. The Morgan fingerprint density at radius 1 is 0.300 bits per heavy atom. The normalized spacial score (nSPS) is 12.1. The number of hydrogen-bond acceptors (Lipinski definition) is 3. The van der Waals surface area contributed by atoms with E-state index in [2.05, 4.69) is 34.9 Å². The van der Waals surface area contributed by atoms with Crippen molar-refractivity contribution in [2.24, 2.45) is 0 Å². The molecule has 0 unspecified atom stereocenters. The van der Waals surface area contributed by atoms with Crippen LogP contribution in [0.5, 0.6) is 0 Å². The molecule has 0 aliphatic rings. The van der Waals surface area contributed by atoms with Crippen LogP contribution < -0.4 is 0 Å². The number of nitrogens with zero attached hydrogens (tertiary/aromatic N) is 5. The van der Waals surface area contributed by atoms with Crippen LogP contribution >= 0.6 is 0 Å². The fraction of sp³-hybridized carbons (Fsp3) is 0.0339. The van der Waals surface area contributed by atoms with Gasteiger partial charge in [0.1, 0.15) is 0 Å². The van der Waals surface area contributed by atoms with Crippen LogP contribution in [-0.2, 0) is 12.4 Å². The molecular weight excluding hydrogens is 893 g/mol. The Balaban J connectivity index is 1.20. The van der Waals surface area contributed by atoms with Crippen molar-refractivity contribution in [3.8, 4) is 67.8 Å². The topological polar surface area (TPSA) is 48.5 Å². The van der Waals surface area contributed by atoms with Crippen molar-refractivity contribution < 1.29 is 26.3 Å². The van der Waals surface area contributed by atoms with Crippen molar-refractivity contribution in [3.63, 3.8) is 0 Å². The smallest absolute Gasteiger partial charge is 0.309 e. The standard InChI is InChI=1S/C59H35F6N5/c60-58(61,62)41-21-13-19-38(31-41)47-33-40(57-67-55(36-15-3-1-4-16-36)66-56(68-57)37-17-5-2-6-18-37)34-48(39-20-14-22-42(32-39)59(63,64)65)54(47)70-52-28-12-9-25-46(52)49-35-43(29-30-53(49)70)69-50-26-10-7-23-44(50)45-24-8-11-27-51(45)69/h1-35H. The first-order valence-electron chi connectivity index (χ1n) is 22.4. The molecule has 0 atom stereocenters. The molecule has 0 radical (unpaired) electrons. The van der Waals surface area contributed by atoms with E-state index in [1.54, 1.807) is 24.3 Å². The van der Waals surface area contributed by atoms with Crippen LogP contribution in [0.2, 0.25) is 0 Å². The van der Waals surface area contributed by atoms with Gasteiger partial charge in [0.05, 0.1) is 38.9 Å². The zero-order valence-corrected chi connectivity index (χ0v) is 36.7. The van der Waals surface area contributed by atoms with Crippen molar-refractivity contribution in [2.45, 2.75) is 12.4 Å². The zero-order chi connectivity index (χ0) is 47.7. The van der Waals surface area contributed by atoms with Crippen LogP contribution in [0.25, 0.3) is 111 Å². The molecule has 0 fully saturated rings. The number of halogens is 6. The summed E-state index contributed by atoms with van der Waals surface area (Å²) >= 11 is 0. The SMILES string of the molecule is FC(F)(F)c1cccc(-c2cc(-c3nc(-c4ccccc4)nc(-c4ccccc4)n3)cc(-c3cccc(C(F)(F)F)c3)c2-n2c3ccccc3c3cc(-n4c5ccccc5c5ccccc54)ccc32)c1. The Hall–Kier alpha value is -8.83. The monoisotopic (exact) mass is 927 g/mol. The average Bonchev–Trinajstić information content (AvgIpc) is 3.90. The van der Waals surface area contributed by atoms with Crippen molar-refractivity contribution >= 4 is 43.6 Å². The van der Waals surface area contributed by atoms with E-state index in [-0.39, 0.29) is 17.0 Å². The molecule has 5 nitrogen and oxygen atoms in total. The van der Waals surface area contributed by atoms with E-state index in [1.807, 2.05) is 126 Å². The van der Waals surface area contributed by atoms with Crippen molar-refractivity contribution in [1.29, 1.82) is 0 Å². The molecule has 0 aliphatic heterocycles. The zero-order valence-electron chi connectivity index (χ0n) is 36.7. The van der Waals surface area contributed by atoms with Gasteiger partial charge in [0.2, 0.25) is 0 Å². The number of benzene rings is 9. The van der Waals surface area contributed by atoms with Crippen molar-refractivity contribution in [2.75, 3.05) is 0 Å². The predicted octanol–water partition coefficient (Wildman–Crippen LogP) is 16.4. The highest BCUT2D eigenvalue weighted by Gasteiger charge is 2.33. The number of para-hydroxylation sites is 3. The number of alkyl halides is 6. The van der Waals surface area contributed by atoms with Gasteiger partial charge in [-0.25, -0.2) is 15.0 Å². The van der Waals surface area contributed by atoms with E-state index >= 15 is 0 Å². The maximum Gasteiger partial charge on any atom is 0.416 e. The van der Waals surface area contributed by atoms with E-state index in [0.717, 1.165) is 62.5 Å². The van der Waals surface area contributed by atoms with Gasteiger partial charge in [0.25, 0.3) is 0 Å². The van der Waals surface area contributed by atoms with Crippen molar-refractivity contribution in [1.82, 2.24) is 24.1 Å². The van der Waals surface area contributed by atoms with Gasteiger partial charge >= 0.3 is 12.4 Å². The molecule has 338 valence electrons. The third-order valence-corrected chi connectivity index (χ3v) is 12.8. The van der Waals surface area contributed by atoms with E-state index in [1.165, 1.54) is 12.1 Å². The Bertz CT molecular complexity index is 3800. The lowest BCUT2D eigenvalue weighted by Gasteiger charge is -2.22. The Kier molecular flexibility index (Phi) is 9.99. The summed E-state index contributed by atoms with van der Waals surface area (Å²) in [5, 5.41) is 3.82. The Morgan fingerprint density at radius 2 is 0.686 bits per heavy atom. The largest absolute Gasteiger partial charge is 0.416 e. The average molecular weight is 928 g/mol. The van der Waals surface area contributed by atoms with Crippen LogP contribution in [-0.4, -0.2) is 24.1 Å². The molecule has 0 spiro atoms. The second-order valence-electron chi connectivity index (χ2n) is 17.0. The predicted molar refractivity (Wildman–Crippen MR) is 266 cm³/mol. The maximum atomic E-state index is 14.7. The summed E-state index contributed by atoms with van der Waals surface area (Å²) in [5.74, 6) is 0.825. The Morgan fingerprint density at radius 3 is 1.16 bits per heavy atom.